The average Bonchev–Trinajstić information content (AvgIpc) is 2.82. The molecule has 0 aliphatic heterocycles. The number of hydrogen-bond acceptors (Lipinski definition) is 4. The summed E-state index contributed by atoms with van der Waals surface area (Å²) in [4.78, 5) is 14.8. The van der Waals surface area contributed by atoms with Crippen LogP contribution in [0.5, 0.6) is 0 Å². The maximum absolute atomic E-state index is 11.8. The van der Waals surface area contributed by atoms with Gasteiger partial charge < -0.3 is 9.64 Å². The zero-order valence-corrected chi connectivity index (χ0v) is 12.3. The zero-order chi connectivity index (χ0) is 13.8. The smallest absolute Gasteiger partial charge is 0.338 e. The van der Waals surface area contributed by atoms with E-state index in [2.05, 4.69) is 0 Å². The van der Waals surface area contributed by atoms with Crippen molar-refractivity contribution in [3.05, 3.63) is 51.2 Å². The third-order valence-electron chi connectivity index (χ3n) is 2.59. The van der Waals surface area contributed by atoms with E-state index in [-0.39, 0.29) is 12.6 Å². The minimum absolute atomic E-state index is 0.256. The number of anilines is 1. The second-order valence-electron chi connectivity index (χ2n) is 4.22. The van der Waals surface area contributed by atoms with E-state index >= 15 is 0 Å². The number of carbonyl (C=O) groups is 1. The van der Waals surface area contributed by atoms with Gasteiger partial charge in [-0.3, -0.25) is 0 Å². The molecule has 0 saturated carbocycles. The van der Waals surface area contributed by atoms with Crippen LogP contribution in [0.15, 0.2) is 36.4 Å². The third kappa shape index (κ3) is 3.72. The lowest BCUT2D eigenvalue weighted by molar-refractivity contribution is 0.0477. The monoisotopic (exact) mass is 295 g/mol. The van der Waals surface area contributed by atoms with Crippen molar-refractivity contribution < 1.29 is 9.53 Å². The van der Waals surface area contributed by atoms with Gasteiger partial charge in [-0.2, -0.15) is 0 Å². The first-order valence-corrected chi connectivity index (χ1v) is 6.94. The molecule has 2 aromatic rings. The van der Waals surface area contributed by atoms with Gasteiger partial charge in [-0.15, -0.1) is 11.3 Å². The van der Waals surface area contributed by atoms with E-state index in [9.17, 15) is 4.79 Å². The number of rotatable bonds is 4. The summed E-state index contributed by atoms with van der Waals surface area (Å²) < 4.78 is 5.92. The lowest BCUT2D eigenvalue weighted by atomic mass is 10.2. The first kappa shape index (κ1) is 13.9. The van der Waals surface area contributed by atoms with Gasteiger partial charge >= 0.3 is 5.97 Å². The Balaban J connectivity index is 1.96. The molecule has 0 aliphatic rings. The highest BCUT2D eigenvalue weighted by Gasteiger charge is 2.08. The van der Waals surface area contributed by atoms with Crippen molar-refractivity contribution in [1.29, 1.82) is 0 Å². The highest BCUT2D eigenvalue weighted by molar-refractivity contribution is 7.16. The summed E-state index contributed by atoms with van der Waals surface area (Å²) in [7, 11) is 3.90. The lowest BCUT2D eigenvalue weighted by Crippen LogP contribution is -2.09. The van der Waals surface area contributed by atoms with Crippen molar-refractivity contribution in [3.8, 4) is 0 Å². The van der Waals surface area contributed by atoms with Crippen molar-refractivity contribution >= 4 is 34.6 Å². The van der Waals surface area contributed by atoms with Gasteiger partial charge in [-0.05, 0) is 36.4 Å². The second kappa shape index (κ2) is 6.08. The van der Waals surface area contributed by atoms with Gasteiger partial charge in [-0.25, -0.2) is 4.79 Å². The number of ether oxygens (including phenoxy) is 1. The molecule has 0 fully saturated rings. The fourth-order valence-electron chi connectivity index (χ4n) is 1.54. The zero-order valence-electron chi connectivity index (χ0n) is 10.7. The molecule has 1 aromatic carbocycles. The van der Waals surface area contributed by atoms with E-state index < -0.39 is 0 Å². The molecule has 0 aliphatic carbocycles. The quantitative estimate of drug-likeness (QED) is 0.803. The summed E-state index contributed by atoms with van der Waals surface area (Å²) in [6.45, 7) is 0.256. The largest absolute Gasteiger partial charge is 0.456 e. The first-order valence-electron chi connectivity index (χ1n) is 5.75. The number of benzene rings is 1. The van der Waals surface area contributed by atoms with Crippen LogP contribution in [-0.2, 0) is 11.3 Å². The molecule has 1 aromatic heterocycles. The van der Waals surface area contributed by atoms with Crippen molar-refractivity contribution in [2.24, 2.45) is 0 Å². The van der Waals surface area contributed by atoms with Gasteiger partial charge in [0, 0.05) is 24.7 Å². The lowest BCUT2D eigenvalue weighted by Gasteiger charge is -2.12. The fraction of sp³-hybridized carbons (Fsp3) is 0.214. The van der Waals surface area contributed by atoms with Crippen LogP contribution >= 0.6 is 22.9 Å². The van der Waals surface area contributed by atoms with Gasteiger partial charge in [0.25, 0.3) is 0 Å². The van der Waals surface area contributed by atoms with Gasteiger partial charge in [0.1, 0.15) is 6.61 Å². The maximum Gasteiger partial charge on any atom is 0.338 e. The fourth-order valence-corrected chi connectivity index (χ4v) is 2.55. The number of carbonyl (C=O) groups excluding carboxylic acids is 1. The molecule has 0 bridgehead atoms. The Hall–Kier alpha value is -1.52. The van der Waals surface area contributed by atoms with Crippen molar-refractivity contribution in [3.63, 3.8) is 0 Å². The molecule has 0 saturated heterocycles. The third-order valence-corrected chi connectivity index (χ3v) is 3.80. The van der Waals surface area contributed by atoms with Gasteiger partial charge in [0.05, 0.1) is 9.90 Å². The highest BCUT2D eigenvalue weighted by atomic mass is 35.5. The maximum atomic E-state index is 11.8. The van der Waals surface area contributed by atoms with E-state index in [4.69, 9.17) is 16.3 Å². The Kier molecular flexibility index (Phi) is 4.45. The molecule has 0 atom stereocenters. The molecule has 19 heavy (non-hydrogen) atoms. The van der Waals surface area contributed by atoms with Crippen LogP contribution in [0.25, 0.3) is 0 Å². The Labute approximate surface area is 121 Å². The summed E-state index contributed by atoms with van der Waals surface area (Å²) in [5.74, 6) is -0.324. The molecule has 0 radical (unpaired) electrons. The molecule has 3 nitrogen and oxygen atoms in total. The van der Waals surface area contributed by atoms with Crippen LogP contribution in [0.2, 0.25) is 4.34 Å². The normalized spacial score (nSPS) is 10.3. The number of hydrogen-bond donors (Lipinski definition) is 0. The Morgan fingerprint density at radius 3 is 2.42 bits per heavy atom. The van der Waals surface area contributed by atoms with E-state index in [0.29, 0.717) is 9.90 Å². The van der Waals surface area contributed by atoms with Crippen molar-refractivity contribution in [1.82, 2.24) is 0 Å². The van der Waals surface area contributed by atoms with Crippen molar-refractivity contribution in [2.75, 3.05) is 19.0 Å². The Bertz CT molecular complexity index is 563. The van der Waals surface area contributed by atoms with E-state index in [0.717, 1.165) is 10.6 Å². The molecule has 1 heterocycles. The average molecular weight is 296 g/mol. The predicted octanol–water partition coefficient (Wildman–Crippen LogP) is 3.82. The summed E-state index contributed by atoms with van der Waals surface area (Å²) in [6, 6.07) is 11.0. The summed E-state index contributed by atoms with van der Waals surface area (Å²) >= 11 is 7.23. The molecule has 2 rings (SSSR count). The van der Waals surface area contributed by atoms with Gasteiger partial charge in [0.15, 0.2) is 0 Å². The van der Waals surface area contributed by atoms with Crippen LogP contribution in [0.1, 0.15) is 15.2 Å². The molecule has 0 spiro atoms. The van der Waals surface area contributed by atoms with Gasteiger partial charge in [0.2, 0.25) is 0 Å². The topological polar surface area (TPSA) is 29.5 Å². The number of thiophene rings is 1. The van der Waals surface area contributed by atoms with Crippen LogP contribution in [0.4, 0.5) is 5.69 Å². The molecule has 0 amide bonds. The van der Waals surface area contributed by atoms with Crippen LogP contribution < -0.4 is 4.90 Å². The standard InChI is InChI=1S/C14H14ClNO2S/c1-16(2)11-5-3-10(4-6-11)14(17)18-9-12-7-8-13(15)19-12/h3-8H,9H2,1-2H3. The molecule has 100 valence electrons. The van der Waals surface area contributed by atoms with E-state index in [1.807, 2.05) is 37.2 Å². The Morgan fingerprint density at radius 2 is 1.89 bits per heavy atom. The molecule has 5 heteroatoms. The highest BCUT2D eigenvalue weighted by Crippen LogP contribution is 2.22. The summed E-state index contributed by atoms with van der Waals surface area (Å²) in [5, 5.41) is 0. The molecule has 0 N–H and O–H groups in total. The number of nitrogens with zero attached hydrogens (tertiary/aromatic N) is 1. The predicted molar refractivity (Wildman–Crippen MR) is 79.2 cm³/mol. The first-order chi connectivity index (χ1) is 9.06. The Morgan fingerprint density at radius 1 is 1.21 bits per heavy atom. The van der Waals surface area contributed by atoms with Crippen LogP contribution in [-0.4, -0.2) is 20.1 Å². The summed E-state index contributed by atoms with van der Waals surface area (Å²) in [5.41, 5.74) is 1.59. The van der Waals surface area contributed by atoms with Crippen LogP contribution in [0, 0.1) is 0 Å². The summed E-state index contributed by atoms with van der Waals surface area (Å²) in [6.07, 6.45) is 0. The molecular weight excluding hydrogens is 282 g/mol. The second-order valence-corrected chi connectivity index (χ2v) is 6.02. The van der Waals surface area contributed by atoms with E-state index in [1.54, 1.807) is 18.2 Å². The molecule has 0 unspecified atom stereocenters. The number of esters is 1. The van der Waals surface area contributed by atoms with E-state index in [1.165, 1.54) is 11.3 Å². The minimum atomic E-state index is -0.324. The minimum Gasteiger partial charge on any atom is -0.456 e. The SMILES string of the molecule is CN(C)c1ccc(C(=O)OCc2ccc(Cl)s2)cc1. The molecular formula is C14H14ClNO2S. The van der Waals surface area contributed by atoms with Crippen molar-refractivity contribution in [2.45, 2.75) is 6.61 Å². The van der Waals surface area contributed by atoms with Crippen LogP contribution in [0.3, 0.4) is 0 Å². The number of halogens is 1. The van der Waals surface area contributed by atoms with Gasteiger partial charge in [-0.1, -0.05) is 11.6 Å².